The van der Waals surface area contributed by atoms with Crippen LogP contribution < -0.4 is 0 Å². The number of carbonyl (C=O) groups excluding carboxylic acids is 1. The first-order valence-electron chi connectivity index (χ1n) is 7.36. The van der Waals surface area contributed by atoms with Crippen molar-refractivity contribution in [3.63, 3.8) is 0 Å². The monoisotopic (exact) mass is 319 g/mol. The molecule has 0 fully saturated rings. The summed E-state index contributed by atoms with van der Waals surface area (Å²) in [5.74, 6) is -0.388. The average molecular weight is 319 g/mol. The summed E-state index contributed by atoms with van der Waals surface area (Å²) in [6.07, 6.45) is 0. The van der Waals surface area contributed by atoms with E-state index in [1.54, 1.807) is 36.4 Å². The molecule has 0 bridgehead atoms. The van der Waals surface area contributed by atoms with Crippen LogP contribution in [-0.2, 0) is 16.1 Å². The fourth-order valence-electron chi connectivity index (χ4n) is 2.52. The third-order valence-electron chi connectivity index (χ3n) is 3.71. The lowest BCUT2D eigenvalue weighted by atomic mass is 10.0. The summed E-state index contributed by atoms with van der Waals surface area (Å²) in [6.45, 7) is 0.502. The predicted octanol–water partition coefficient (Wildman–Crippen LogP) is 2.78. The van der Waals surface area contributed by atoms with Crippen LogP contribution in [0.5, 0.6) is 0 Å². The predicted molar refractivity (Wildman–Crippen MR) is 88.5 cm³/mol. The second-order valence-electron chi connectivity index (χ2n) is 5.39. The number of esters is 1. The van der Waals surface area contributed by atoms with Crippen LogP contribution in [0.25, 0.3) is 0 Å². The van der Waals surface area contributed by atoms with E-state index in [1.165, 1.54) is 7.11 Å². The van der Waals surface area contributed by atoms with Crippen molar-refractivity contribution in [2.24, 2.45) is 0 Å². The van der Waals surface area contributed by atoms with Crippen molar-refractivity contribution >= 4 is 5.97 Å². The third kappa shape index (κ3) is 3.98. The fourth-order valence-corrected chi connectivity index (χ4v) is 2.52. The minimum Gasteiger partial charge on any atom is -0.468 e. The van der Waals surface area contributed by atoms with Crippen LogP contribution >= 0.6 is 0 Å². The van der Waals surface area contributed by atoms with Gasteiger partial charge in [-0.3, -0.25) is 4.90 Å². The van der Waals surface area contributed by atoms with Gasteiger partial charge in [-0.2, -0.15) is 10.5 Å². The van der Waals surface area contributed by atoms with E-state index in [0.717, 1.165) is 5.56 Å². The van der Waals surface area contributed by atoms with Gasteiger partial charge in [-0.15, -0.1) is 0 Å². The van der Waals surface area contributed by atoms with Gasteiger partial charge in [0.2, 0.25) is 0 Å². The van der Waals surface area contributed by atoms with Crippen molar-refractivity contribution in [3.8, 4) is 12.1 Å². The Morgan fingerprint density at radius 1 is 1.12 bits per heavy atom. The number of nitrogens with zero attached hydrogens (tertiary/aromatic N) is 3. The van der Waals surface area contributed by atoms with Crippen LogP contribution in [0.15, 0.2) is 48.5 Å². The molecule has 0 spiro atoms. The Morgan fingerprint density at radius 2 is 1.79 bits per heavy atom. The molecule has 2 aromatic carbocycles. The molecule has 0 amide bonds. The van der Waals surface area contributed by atoms with Crippen molar-refractivity contribution in [2.45, 2.75) is 12.6 Å². The summed E-state index contributed by atoms with van der Waals surface area (Å²) in [4.78, 5) is 14.1. The van der Waals surface area contributed by atoms with E-state index < -0.39 is 6.04 Å². The van der Waals surface area contributed by atoms with Gasteiger partial charge in [-0.05, 0) is 42.4 Å². The second kappa shape index (κ2) is 7.92. The Labute approximate surface area is 141 Å². The molecule has 0 saturated heterocycles. The zero-order valence-corrected chi connectivity index (χ0v) is 13.6. The molecule has 5 nitrogen and oxygen atoms in total. The van der Waals surface area contributed by atoms with E-state index in [2.05, 4.69) is 12.1 Å². The van der Waals surface area contributed by atoms with Crippen molar-refractivity contribution in [2.75, 3.05) is 14.2 Å². The number of likely N-dealkylation sites (N-methyl/N-ethyl adjacent to an activating group) is 1. The lowest BCUT2D eigenvalue weighted by Gasteiger charge is -2.26. The first-order valence-corrected chi connectivity index (χ1v) is 7.36. The molecule has 24 heavy (non-hydrogen) atoms. The molecule has 2 aromatic rings. The minimum atomic E-state index is -0.612. The van der Waals surface area contributed by atoms with Crippen LogP contribution in [0, 0.1) is 22.7 Å². The topological polar surface area (TPSA) is 77.1 Å². The zero-order valence-electron chi connectivity index (χ0n) is 13.6. The Balaban J connectivity index is 2.28. The van der Waals surface area contributed by atoms with Gasteiger partial charge in [0.25, 0.3) is 0 Å². The van der Waals surface area contributed by atoms with Crippen molar-refractivity contribution in [1.29, 1.82) is 10.5 Å². The molecule has 0 radical (unpaired) electrons. The van der Waals surface area contributed by atoms with Gasteiger partial charge in [-0.25, -0.2) is 4.79 Å². The van der Waals surface area contributed by atoms with Gasteiger partial charge in [0, 0.05) is 6.54 Å². The average Bonchev–Trinajstić information content (AvgIpc) is 2.62. The maximum Gasteiger partial charge on any atom is 0.327 e. The largest absolute Gasteiger partial charge is 0.468 e. The Morgan fingerprint density at radius 3 is 2.38 bits per heavy atom. The first-order chi connectivity index (χ1) is 11.6. The fraction of sp³-hybridized carbons (Fsp3) is 0.211. The van der Waals surface area contributed by atoms with Gasteiger partial charge in [0.15, 0.2) is 0 Å². The third-order valence-corrected chi connectivity index (χ3v) is 3.71. The molecule has 0 aromatic heterocycles. The highest BCUT2D eigenvalue weighted by atomic mass is 16.5. The maximum atomic E-state index is 12.3. The summed E-state index contributed by atoms with van der Waals surface area (Å²) < 4.78 is 4.93. The molecule has 0 aliphatic rings. The normalized spacial score (nSPS) is 11.4. The summed E-state index contributed by atoms with van der Waals surface area (Å²) in [5, 5.41) is 17.9. The lowest BCUT2D eigenvalue weighted by molar-refractivity contribution is -0.147. The van der Waals surface area contributed by atoms with Crippen molar-refractivity contribution in [3.05, 3.63) is 70.8 Å². The lowest BCUT2D eigenvalue weighted by Crippen LogP contribution is -2.31. The molecule has 2 rings (SSSR count). The van der Waals surface area contributed by atoms with E-state index in [0.29, 0.717) is 23.2 Å². The highest BCUT2D eigenvalue weighted by molar-refractivity contribution is 5.77. The summed E-state index contributed by atoms with van der Waals surface area (Å²) in [5.41, 5.74) is 2.76. The number of ether oxygens (including phenoxy) is 1. The Kier molecular flexibility index (Phi) is 5.68. The number of rotatable bonds is 5. The summed E-state index contributed by atoms with van der Waals surface area (Å²) in [7, 11) is 3.16. The van der Waals surface area contributed by atoms with Crippen LogP contribution in [0.2, 0.25) is 0 Å². The molecule has 0 N–H and O–H groups in total. The van der Waals surface area contributed by atoms with Gasteiger partial charge < -0.3 is 4.74 Å². The number of hydrogen-bond donors (Lipinski definition) is 0. The Hall–Kier alpha value is -3.15. The van der Waals surface area contributed by atoms with E-state index in [4.69, 9.17) is 15.3 Å². The molecular formula is C19H17N3O2. The minimum absolute atomic E-state index is 0.388. The van der Waals surface area contributed by atoms with Crippen LogP contribution in [0.4, 0.5) is 0 Å². The highest BCUT2D eigenvalue weighted by Crippen LogP contribution is 2.24. The van der Waals surface area contributed by atoms with Gasteiger partial charge in [0.05, 0.1) is 30.4 Å². The molecule has 0 aliphatic carbocycles. The zero-order chi connectivity index (χ0) is 17.5. The number of nitriles is 2. The maximum absolute atomic E-state index is 12.3. The Bertz CT molecular complexity index is 801. The molecule has 5 heteroatoms. The van der Waals surface area contributed by atoms with Gasteiger partial charge >= 0.3 is 5.97 Å². The summed E-state index contributed by atoms with van der Waals surface area (Å²) >= 11 is 0. The molecule has 0 aliphatic heterocycles. The standard InChI is InChI=1S/C19H17N3O2/c1-22(13-15-8-6-14(11-20)7-9-15)18(19(23)24-2)17-5-3-4-16(10-17)12-21/h3-10,18H,13H2,1-2H3. The smallest absolute Gasteiger partial charge is 0.327 e. The van der Waals surface area contributed by atoms with Crippen molar-refractivity contribution in [1.82, 2.24) is 4.90 Å². The highest BCUT2D eigenvalue weighted by Gasteiger charge is 2.26. The van der Waals surface area contributed by atoms with Crippen LogP contribution in [0.3, 0.4) is 0 Å². The molecule has 120 valence electrons. The van der Waals surface area contributed by atoms with Crippen molar-refractivity contribution < 1.29 is 9.53 Å². The number of benzene rings is 2. The molecular weight excluding hydrogens is 302 g/mol. The number of methoxy groups -OCH3 is 1. The summed E-state index contributed by atoms with van der Waals surface area (Å²) in [6, 6.07) is 17.7. The van der Waals surface area contributed by atoms with E-state index in [1.807, 2.05) is 24.1 Å². The van der Waals surface area contributed by atoms with E-state index >= 15 is 0 Å². The van der Waals surface area contributed by atoms with Gasteiger partial charge in [0.1, 0.15) is 6.04 Å². The quantitative estimate of drug-likeness (QED) is 0.792. The number of carbonyl (C=O) groups is 1. The van der Waals surface area contributed by atoms with Crippen LogP contribution in [-0.4, -0.2) is 25.0 Å². The molecule has 1 atom stereocenters. The number of hydrogen-bond acceptors (Lipinski definition) is 5. The molecule has 0 saturated carbocycles. The van der Waals surface area contributed by atoms with E-state index in [-0.39, 0.29) is 5.97 Å². The molecule has 0 heterocycles. The second-order valence-corrected chi connectivity index (χ2v) is 5.39. The van der Waals surface area contributed by atoms with E-state index in [9.17, 15) is 4.79 Å². The molecule has 1 unspecified atom stereocenters. The van der Waals surface area contributed by atoms with Crippen LogP contribution in [0.1, 0.15) is 28.3 Å². The van der Waals surface area contributed by atoms with Gasteiger partial charge in [-0.1, -0.05) is 24.3 Å². The SMILES string of the molecule is COC(=O)C(c1cccc(C#N)c1)N(C)Cc1ccc(C#N)cc1. The first kappa shape index (κ1) is 17.2.